The van der Waals surface area contributed by atoms with Crippen molar-refractivity contribution >= 4 is 16.1 Å². The quantitative estimate of drug-likeness (QED) is 0.536. The van der Waals surface area contributed by atoms with Gasteiger partial charge in [-0.05, 0) is 54.8 Å². The molecule has 9 nitrogen and oxygen atoms in total. The Kier molecular flexibility index (Phi) is 8.23. The molecule has 1 fully saturated rings. The van der Waals surface area contributed by atoms with E-state index in [9.17, 15) is 26.4 Å². The van der Waals surface area contributed by atoms with Crippen molar-refractivity contribution in [1.29, 1.82) is 0 Å². The first-order valence-corrected chi connectivity index (χ1v) is 11.7. The number of hydrogen-bond acceptors (Lipinski definition) is 6. The van der Waals surface area contributed by atoms with Crippen LogP contribution in [0.2, 0.25) is 0 Å². The van der Waals surface area contributed by atoms with Crippen LogP contribution in [-0.4, -0.2) is 51.4 Å². The predicted molar refractivity (Wildman–Crippen MR) is 114 cm³/mol. The summed E-state index contributed by atoms with van der Waals surface area (Å²) in [6, 6.07) is 10.7. The van der Waals surface area contributed by atoms with Crippen LogP contribution in [0.25, 0.3) is 0 Å². The number of hydrogen-bond donors (Lipinski definition) is 2. The van der Waals surface area contributed by atoms with E-state index >= 15 is 0 Å². The zero-order valence-electron chi connectivity index (χ0n) is 18.2. The van der Waals surface area contributed by atoms with Gasteiger partial charge < -0.3 is 14.8 Å². The van der Waals surface area contributed by atoms with E-state index in [1.165, 1.54) is 4.31 Å². The van der Waals surface area contributed by atoms with Crippen molar-refractivity contribution in [1.82, 2.24) is 15.1 Å². The number of benzene rings is 2. The number of carbonyl (C=O) groups is 1. The molecule has 34 heavy (non-hydrogen) atoms. The van der Waals surface area contributed by atoms with Gasteiger partial charge in [-0.3, -0.25) is 4.84 Å². The van der Waals surface area contributed by atoms with Gasteiger partial charge in [0.1, 0.15) is 11.5 Å². The number of halogens is 3. The zero-order chi connectivity index (χ0) is 24.8. The number of nitrogens with one attached hydrogen (secondary N) is 2. The average Bonchev–Trinajstić information content (AvgIpc) is 2.81. The minimum Gasteiger partial charge on any atom is -0.497 e. The second-order valence-electron chi connectivity index (χ2n) is 7.37. The predicted octanol–water partition coefficient (Wildman–Crippen LogP) is 3.18. The number of alkyl halides is 3. The molecule has 3 rings (SSSR count). The van der Waals surface area contributed by atoms with E-state index in [-0.39, 0.29) is 30.6 Å². The lowest BCUT2D eigenvalue weighted by atomic mass is 10.1. The highest BCUT2D eigenvalue weighted by Crippen LogP contribution is 2.26. The molecule has 1 saturated heterocycles. The SMILES string of the molecule is COc1ccc(CNC(=O)NOC2CCN(S(=O)(=O)c3ccc(OC(F)(F)F)cc3)CC2)cc1. The lowest BCUT2D eigenvalue weighted by Gasteiger charge is -2.30. The highest BCUT2D eigenvalue weighted by Gasteiger charge is 2.32. The molecular formula is C21H24F3N3O6S. The van der Waals surface area contributed by atoms with Crippen LogP contribution in [0, 0.1) is 0 Å². The van der Waals surface area contributed by atoms with Crippen LogP contribution < -0.4 is 20.3 Å². The molecule has 0 radical (unpaired) electrons. The second kappa shape index (κ2) is 10.9. The van der Waals surface area contributed by atoms with Gasteiger partial charge in [-0.15, -0.1) is 13.2 Å². The summed E-state index contributed by atoms with van der Waals surface area (Å²) in [4.78, 5) is 17.2. The van der Waals surface area contributed by atoms with Gasteiger partial charge in [0.25, 0.3) is 0 Å². The Morgan fingerprint density at radius 2 is 1.62 bits per heavy atom. The first kappa shape index (κ1) is 25.6. The molecule has 0 aromatic heterocycles. The minimum atomic E-state index is -4.86. The van der Waals surface area contributed by atoms with Crippen molar-refractivity contribution in [3.05, 3.63) is 54.1 Å². The molecule has 0 saturated carbocycles. The van der Waals surface area contributed by atoms with Gasteiger partial charge in [0.2, 0.25) is 10.0 Å². The Bertz CT molecular complexity index is 1050. The Morgan fingerprint density at radius 3 is 2.18 bits per heavy atom. The number of nitrogens with zero attached hydrogens (tertiary/aromatic N) is 1. The lowest BCUT2D eigenvalue weighted by molar-refractivity contribution is -0.274. The second-order valence-corrected chi connectivity index (χ2v) is 9.31. The topological polar surface area (TPSA) is 106 Å². The summed E-state index contributed by atoms with van der Waals surface area (Å²) in [6.07, 6.45) is -4.59. The van der Waals surface area contributed by atoms with Crippen LogP contribution in [-0.2, 0) is 21.4 Å². The van der Waals surface area contributed by atoms with E-state index in [0.717, 1.165) is 29.8 Å². The summed E-state index contributed by atoms with van der Waals surface area (Å²) in [5, 5.41) is 2.65. The lowest BCUT2D eigenvalue weighted by Crippen LogP contribution is -2.44. The fraction of sp³-hybridized carbons (Fsp3) is 0.381. The summed E-state index contributed by atoms with van der Waals surface area (Å²) in [7, 11) is -2.33. The Labute approximate surface area is 194 Å². The summed E-state index contributed by atoms with van der Waals surface area (Å²) >= 11 is 0. The number of sulfonamides is 1. The summed E-state index contributed by atoms with van der Waals surface area (Å²) in [5.41, 5.74) is 3.17. The van der Waals surface area contributed by atoms with Gasteiger partial charge in [0.15, 0.2) is 0 Å². The fourth-order valence-electron chi connectivity index (χ4n) is 3.25. The maximum absolute atomic E-state index is 12.8. The number of urea groups is 1. The number of amides is 2. The zero-order valence-corrected chi connectivity index (χ0v) is 19.0. The maximum Gasteiger partial charge on any atom is 0.573 e. The molecule has 1 heterocycles. The van der Waals surface area contributed by atoms with Gasteiger partial charge in [-0.2, -0.15) is 4.31 Å². The molecule has 0 bridgehead atoms. The molecule has 2 aromatic carbocycles. The third kappa shape index (κ3) is 7.23. The van der Waals surface area contributed by atoms with E-state index < -0.39 is 28.2 Å². The molecule has 1 aliphatic heterocycles. The number of hydroxylamine groups is 1. The molecule has 0 aliphatic carbocycles. The van der Waals surface area contributed by atoms with Crippen molar-refractivity contribution in [2.24, 2.45) is 0 Å². The molecular weight excluding hydrogens is 479 g/mol. The third-order valence-electron chi connectivity index (χ3n) is 5.03. The first-order valence-electron chi connectivity index (χ1n) is 10.3. The molecule has 0 unspecified atom stereocenters. The van der Waals surface area contributed by atoms with Crippen molar-refractivity contribution in [3.8, 4) is 11.5 Å². The Hall–Kier alpha value is -3.03. The van der Waals surface area contributed by atoms with E-state index in [1.807, 2.05) is 12.1 Å². The molecule has 2 amide bonds. The number of carbonyl (C=O) groups excluding carboxylic acids is 1. The maximum atomic E-state index is 12.8. The van der Waals surface area contributed by atoms with Crippen LogP contribution in [0.3, 0.4) is 0 Å². The minimum absolute atomic E-state index is 0.128. The molecule has 0 atom stereocenters. The Balaban J connectivity index is 1.42. The molecule has 2 N–H and O–H groups in total. The summed E-state index contributed by atoms with van der Waals surface area (Å²) in [6.45, 7) is 0.536. The third-order valence-corrected chi connectivity index (χ3v) is 6.94. The number of piperidine rings is 1. The van der Waals surface area contributed by atoms with Gasteiger partial charge in [-0.25, -0.2) is 18.7 Å². The molecule has 2 aromatic rings. The van der Waals surface area contributed by atoms with E-state index in [4.69, 9.17) is 9.57 Å². The summed E-state index contributed by atoms with van der Waals surface area (Å²) < 4.78 is 72.4. The monoisotopic (exact) mass is 503 g/mol. The van der Waals surface area contributed by atoms with Crippen molar-refractivity contribution in [2.75, 3.05) is 20.2 Å². The number of rotatable bonds is 8. The number of methoxy groups -OCH3 is 1. The van der Waals surface area contributed by atoms with Crippen molar-refractivity contribution in [2.45, 2.75) is 36.7 Å². The van der Waals surface area contributed by atoms with Crippen LogP contribution in [0.5, 0.6) is 11.5 Å². The molecule has 186 valence electrons. The van der Waals surface area contributed by atoms with Crippen LogP contribution in [0.4, 0.5) is 18.0 Å². The summed E-state index contributed by atoms with van der Waals surface area (Å²) in [5.74, 6) is 0.201. The van der Waals surface area contributed by atoms with Crippen LogP contribution in [0.15, 0.2) is 53.4 Å². The fourth-order valence-corrected chi connectivity index (χ4v) is 4.72. The van der Waals surface area contributed by atoms with E-state index in [0.29, 0.717) is 18.6 Å². The first-order chi connectivity index (χ1) is 16.1. The number of ether oxygens (including phenoxy) is 2. The average molecular weight is 503 g/mol. The molecule has 1 aliphatic rings. The van der Waals surface area contributed by atoms with Gasteiger partial charge in [0, 0.05) is 19.6 Å². The highest BCUT2D eigenvalue weighted by atomic mass is 32.2. The Morgan fingerprint density at radius 1 is 1.03 bits per heavy atom. The molecule has 13 heteroatoms. The molecule has 0 spiro atoms. The van der Waals surface area contributed by atoms with E-state index in [2.05, 4.69) is 15.5 Å². The normalized spacial score (nSPS) is 15.5. The van der Waals surface area contributed by atoms with E-state index in [1.54, 1.807) is 19.2 Å². The highest BCUT2D eigenvalue weighted by molar-refractivity contribution is 7.89. The van der Waals surface area contributed by atoms with Gasteiger partial charge in [0.05, 0.1) is 18.1 Å². The van der Waals surface area contributed by atoms with Crippen LogP contribution >= 0.6 is 0 Å². The van der Waals surface area contributed by atoms with Gasteiger partial charge in [-0.1, -0.05) is 12.1 Å². The largest absolute Gasteiger partial charge is 0.573 e. The van der Waals surface area contributed by atoms with Crippen molar-refractivity contribution < 1.29 is 40.7 Å². The van der Waals surface area contributed by atoms with Crippen LogP contribution in [0.1, 0.15) is 18.4 Å². The van der Waals surface area contributed by atoms with Gasteiger partial charge >= 0.3 is 12.4 Å². The van der Waals surface area contributed by atoms with Crippen molar-refractivity contribution in [3.63, 3.8) is 0 Å². The smallest absolute Gasteiger partial charge is 0.497 e. The standard InChI is InChI=1S/C21H24F3N3O6S/c1-31-16-4-2-15(3-5-16)14-25-20(28)26-33-18-10-12-27(13-11-18)34(29,30)19-8-6-17(7-9-19)32-21(22,23)24/h2-9,18H,10-14H2,1H3,(H2,25,26,28).